The zero-order chi connectivity index (χ0) is 17.8. The summed E-state index contributed by atoms with van der Waals surface area (Å²) < 4.78 is 5.31. The molecule has 2 N–H and O–H groups in total. The molecule has 0 radical (unpaired) electrons. The Morgan fingerprint density at radius 1 is 1.15 bits per heavy atom. The molecule has 1 atom stereocenters. The molecule has 0 aliphatic heterocycles. The Hall–Kier alpha value is -3.68. The van der Waals surface area contributed by atoms with Gasteiger partial charge in [-0.05, 0) is 17.7 Å². The molecular formula is C18H16N6O2. The largest absolute Gasteiger partial charge is 0.463 e. The van der Waals surface area contributed by atoms with Crippen LogP contribution in [-0.2, 0) is 6.54 Å². The van der Waals surface area contributed by atoms with Crippen LogP contribution in [0.5, 0.6) is 0 Å². The summed E-state index contributed by atoms with van der Waals surface area (Å²) in [5, 5.41) is 18.1. The molecule has 1 aromatic carbocycles. The molecule has 130 valence electrons. The topological polar surface area (TPSA) is 102 Å². The number of carbonyl (C=O) groups is 1. The highest BCUT2D eigenvalue weighted by molar-refractivity contribution is 5.93. The van der Waals surface area contributed by atoms with Crippen molar-refractivity contribution in [2.75, 3.05) is 0 Å². The van der Waals surface area contributed by atoms with Crippen molar-refractivity contribution in [3.05, 3.63) is 78.4 Å². The highest BCUT2D eigenvalue weighted by atomic mass is 16.3. The molecule has 3 aromatic heterocycles. The number of carbonyl (C=O) groups excluding carboxylic acids is 1. The van der Waals surface area contributed by atoms with Gasteiger partial charge in [0.05, 0.1) is 31.2 Å². The molecule has 1 amide bonds. The minimum Gasteiger partial charge on any atom is -0.463 e. The third kappa shape index (κ3) is 3.39. The van der Waals surface area contributed by atoms with Gasteiger partial charge in [-0.25, -0.2) is 0 Å². The predicted octanol–water partition coefficient (Wildman–Crippen LogP) is 2.43. The molecule has 3 heterocycles. The van der Waals surface area contributed by atoms with E-state index in [-0.39, 0.29) is 17.6 Å². The maximum atomic E-state index is 12.7. The third-order valence-corrected chi connectivity index (χ3v) is 3.92. The second kappa shape index (κ2) is 7.06. The fourth-order valence-electron chi connectivity index (χ4n) is 2.65. The van der Waals surface area contributed by atoms with E-state index in [4.69, 9.17) is 4.42 Å². The van der Waals surface area contributed by atoms with E-state index in [9.17, 15) is 4.79 Å². The van der Waals surface area contributed by atoms with Gasteiger partial charge in [-0.15, -0.1) is 0 Å². The van der Waals surface area contributed by atoms with Crippen molar-refractivity contribution in [2.24, 2.45) is 0 Å². The van der Waals surface area contributed by atoms with E-state index in [2.05, 4.69) is 25.7 Å². The molecule has 0 spiro atoms. The normalized spacial score (nSPS) is 12.0. The number of aromatic amines is 1. The lowest BCUT2D eigenvalue weighted by molar-refractivity contribution is 0.0925. The van der Waals surface area contributed by atoms with Crippen LogP contribution < -0.4 is 5.32 Å². The highest BCUT2D eigenvalue weighted by Gasteiger charge is 2.19. The van der Waals surface area contributed by atoms with Crippen LogP contribution in [0, 0.1) is 0 Å². The Morgan fingerprint density at radius 3 is 2.69 bits per heavy atom. The van der Waals surface area contributed by atoms with Crippen LogP contribution in [0.1, 0.15) is 22.1 Å². The summed E-state index contributed by atoms with van der Waals surface area (Å²) in [5.74, 6) is 0.331. The second-order valence-corrected chi connectivity index (χ2v) is 5.66. The summed E-state index contributed by atoms with van der Waals surface area (Å²) in [7, 11) is 0. The van der Waals surface area contributed by atoms with Gasteiger partial charge < -0.3 is 9.73 Å². The second-order valence-electron chi connectivity index (χ2n) is 5.66. The Bertz CT molecular complexity index is 960. The molecule has 0 aliphatic rings. The third-order valence-electron chi connectivity index (χ3n) is 3.92. The first kappa shape index (κ1) is 15.8. The number of aromatic nitrogens is 5. The number of nitrogens with zero attached hydrogens (tertiary/aromatic N) is 4. The van der Waals surface area contributed by atoms with Crippen LogP contribution >= 0.6 is 0 Å². The average Bonchev–Trinajstić information content (AvgIpc) is 3.42. The fourth-order valence-corrected chi connectivity index (χ4v) is 2.65. The summed E-state index contributed by atoms with van der Waals surface area (Å²) >= 11 is 0. The Kier molecular flexibility index (Phi) is 4.29. The fraction of sp³-hybridized carbons (Fsp3) is 0.111. The molecular weight excluding hydrogens is 332 g/mol. The number of hydrogen-bond acceptors (Lipinski definition) is 5. The Labute approximate surface area is 148 Å². The van der Waals surface area contributed by atoms with Gasteiger partial charge >= 0.3 is 0 Å². The minimum absolute atomic E-state index is 0.283. The number of benzene rings is 1. The van der Waals surface area contributed by atoms with Crippen molar-refractivity contribution in [3.63, 3.8) is 0 Å². The lowest BCUT2D eigenvalue weighted by Gasteiger charge is -2.18. The van der Waals surface area contributed by atoms with Gasteiger partial charge in [-0.1, -0.05) is 30.3 Å². The van der Waals surface area contributed by atoms with Crippen molar-refractivity contribution in [3.8, 4) is 11.5 Å². The molecule has 8 nitrogen and oxygen atoms in total. The first-order valence-electron chi connectivity index (χ1n) is 8.09. The van der Waals surface area contributed by atoms with Gasteiger partial charge in [0, 0.05) is 6.07 Å². The van der Waals surface area contributed by atoms with Gasteiger partial charge in [-0.3, -0.25) is 9.89 Å². The summed E-state index contributed by atoms with van der Waals surface area (Å²) in [4.78, 5) is 14.2. The zero-order valence-corrected chi connectivity index (χ0v) is 13.7. The summed E-state index contributed by atoms with van der Waals surface area (Å²) in [6.45, 7) is 0.415. The van der Waals surface area contributed by atoms with Crippen LogP contribution in [0.4, 0.5) is 0 Å². The lowest BCUT2D eigenvalue weighted by Crippen LogP contribution is -2.32. The van der Waals surface area contributed by atoms with E-state index < -0.39 is 0 Å². The van der Waals surface area contributed by atoms with Crippen molar-refractivity contribution in [1.82, 2.24) is 30.5 Å². The molecule has 0 aliphatic carbocycles. The number of furan rings is 1. The van der Waals surface area contributed by atoms with Crippen molar-refractivity contribution >= 4 is 5.91 Å². The monoisotopic (exact) mass is 348 g/mol. The van der Waals surface area contributed by atoms with Crippen LogP contribution in [0.15, 0.2) is 71.6 Å². The van der Waals surface area contributed by atoms with Gasteiger partial charge in [0.15, 0.2) is 11.5 Å². The van der Waals surface area contributed by atoms with E-state index in [0.29, 0.717) is 18.0 Å². The maximum absolute atomic E-state index is 12.7. The molecule has 4 aromatic rings. The molecule has 4 rings (SSSR count). The number of nitrogens with one attached hydrogen (secondary N) is 2. The standard InChI is InChI=1S/C18H16N6O2/c25-18(15-11-14(22-23-15)17-7-4-10-26-17)21-16(12-24-19-8-9-20-24)13-5-2-1-3-6-13/h1-11,16H,12H2,(H,21,25)(H,22,23). The summed E-state index contributed by atoms with van der Waals surface area (Å²) in [5.41, 5.74) is 1.89. The molecule has 0 saturated heterocycles. The van der Waals surface area contributed by atoms with Crippen LogP contribution in [0.25, 0.3) is 11.5 Å². The predicted molar refractivity (Wildman–Crippen MR) is 93.0 cm³/mol. The number of amides is 1. The number of rotatable bonds is 6. The number of hydrogen-bond donors (Lipinski definition) is 2. The van der Waals surface area contributed by atoms with Crippen LogP contribution in [-0.4, -0.2) is 31.1 Å². The van der Waals surface area contributed by atoms with Gasteiger partial charge in [0.1, 0.15) is 5.69 Å². The minimum atomic E-state index is -0.292. The lowest BCUT2D eigenvalue weighted by atomic mass is 10.1. The van der Waals surface area contributed by atoms with E-state index in [0.717, 1.165) is 5.56 Å². The molecule has 0 fully saturated rings. The van der Waals surface area contributed by atoms with Gasteiger partial charge in [0.2, 0.25) is 0 Å². The summed E-state index contributed by atoms with van der Waals surface area (Å²) in [6.07, 6.45) is 4.78. The molecule has 1 unspecified atom stereocenters. The Morgan fingerprint density at radius 2 is 1.96 bits per heavy atom. The molecule has 26 heavy (non-hydrogen) atoms. The smallest absolute Gasteiger partial charge is 0.272 e. The van der Waals surface area contributed by atoms with E-state index >= 15 is 0 Å². The van der Waals surface area contributed by atoms with E-state index in [1.165, 1.54) is 4.80 Å². The molecule has 0 bridgehead atoms. The van der Waals surface area contributed by atoms with Crippen LogP contribution in [0.2, 0.25) is 0 Å². The molecule has 0 saturated carbocycles. The SMILES string of the molecule is O=C(NC(Cn1nccn1)c1ccccc1)c1cc(-c2ccco2)[nH]n1. The van der Waals surface area contributed by atoms with Crippen LogP contribution in [0.3, 0.4) is 0 Å². The first-order valence-corrected chi connectivity index (χ1v) is 8.09. The quantitative estimate of drug-likeness (QED) is 0.557. The Balaban J connectivity index is 1.54. The van der Waals surface area contributed by atoms with E-state index in [1.54, 1.807) is 36.9 Å². The van der Waals surface area contributed by atoms with Crippen molar-refractivity contribution in [1.29, 1.82) is 0 Å². The van der Waals surface area contributed by atoms with Crippen molar-refractivity contribution in [2.45, 2.75) is 12.6 Å². The molecule has 8 heteroatoms. The maximum Gasteiger partial charge on any atom is 0.272 e. The van der Waals surface area contributed by atoms with E-state index in [1.807, 2.05) is 30.3 Å². The van der Waals surface area contributed by atoms with Gasteiger partial charge in [0.25, 0.3) is 5.91 Å². The average molecular weight is 348 g/mol. The number of H-pyrrole nitrogens is 1. The van der Waals surface area contributed by atoms with Gasteiger partial charge in [-0.2, -0.15) is 20.1 Å². The first-order chi connectivity index (χ1) is 12.8. The zero-order valence-electron chi connectivity index (χ0n) is 13.7. The van der Waals surface area contributed by atoms with Crippen molar-refractivity contribution < 1.29 is 9.21 Å². The highest BCUT2D eigenvalue weighted by Crippen LogP contribution is 2.19. The summed E-state index contributed by atoms with van der Waals surface area (Å²) in [6, 6.07) is 14.6.